The van der Waals surface area contributed by atoms with E-state index in [1.807, 2.05) is 0 Å². The topological polar surface area (TPSA) is 134 Å². The van der Waals surface area contributed by atoms with E-state index in [0.717, 1.165) is 0 Å². The summed E-state index contributed by atoms with van der Waals surface area (Å²) in [6.07, 6.45) is -0.112. The van der Waals surface area contributed by atoms with Crippen LogP contribution in [0, 0.1) is 12.8 Å². The van der Waals surface area contributed by atoms with E-state index in [9.17, 15) is 14.4 Å². The van der Waals surface area contributed by atoms with Crippen LogP contribution >= 0.6 is 0 Å². The minimum atomic E-state index is -0.653. The molecule has 154 valence electrons. The summed E-state index contributed by atoms with van der Waals surface area (Å²) in [6, 6.07) is 2.88. The number of aryl methyl sites for hydroxylation is 1. The molecule has 1 atom stereocenters. The van der Waals surface area contributed by atoms with Crippen molar-refractivity contribution >= 4 is 29.4 Å². The average molecular weight is 403 g/mol. The molecule has 3 rings (SSSR count). The number of methoxy groups -OCH3 is 3. The third kappa shape index (κ3) is 4.13. The first-order valence-corrected chi connectivity index (χ1v) is 8.72. The first kappa shape index (κ1) is 20.1. The molecule has 0 fully saturated rings. The van der Waals surface area contributed by atoms with Crippen LogP contribution in [0.15, 0.2) is 12.1 Å². The number of ether oxygens (including phenoxy) is 3. The van der Waals surface area contributed by atoms with E-state index in [1.54, 1.807) is 11.6 Å². The lowest BCUT2D eigenvalue weighted by Crippen LogP contribution is -2.36. The van der Waals surface area contributed by atoms with Gasteiger partial charge in [0.1, 0.15) is 5.82 Å². The molecule has 0 spiro atoms. The molecule has 1 aliphatic heterocycles. The standard InChI is InChI=1S/C18H21N5O6/c1-9-19-18-21-16(25)10(8-23(18)22-9)5-15(24)20-12-7-14(28-3)13(27-2)6-11(12)17(26)29-4/h6-7,10H,5,8H2,1-4H3,(H,20,24)(H,19,21,22,25)/t10-/m0/s1. The van der Waals surface area contributed by atoms with Crippen molar-refractivity contribution in [1.82, 2.24) is 14.8 Å². The third-order valence-electron chi connectivity index (χ3n) is 4.41. The Morgan fingerprint density at radius 1 is 1.24 bits per heavy atom. The quantitative estimate of drug-likeness (QED) is 0.682. The summed E-state index contributed by atoms with van der Waals surface area (Å²) in [6.45, 7) is 1.94. The summed E-state index contributed by atoms with van der Waals surface area (Å²) in [5, 5.41) is 9.46. The van der Waals surface area contributed by atoms with Crippen molar-refractivity contribution in [3.63, 3.8) is 0 Å². The van der Waals surface area contributed by atoms with E-state index in [4.69, 9.17) is 14.2 Å². The van der Waals surface area contributed by atoms with Crippen LogP contribution in [-0.4, -0.2) is 53.9 Å². The first-order chi connectivity index (χ1) is 13.9. The summed E-state index contributed by atoms with van der Waals surface area (Å²) in [5.41, 5.74) is 0.286. The molecule has 0 unspecified atom stereocenters. The Kier molecular flexibility index (Phi) is 5.66. The molecule has 2 heterocycles. The molecule has 29 heavy (non-hydrogen) atoms. The zero-order valence-electron chi connectivity index (χ0n) is 16.4. The van der Waals surface area contributed by atoms with Gasteiger partial charge in [0, 0.05) is 18.6 Å². The molecular formula is C18H21N5O6. The lowest BCUT2D eigenvalue weighted by Gasteiger charge is -2.22. The van der Waals surface area contributed by atoms with Gasteiger partial charge in [0.15, 0.2) is 11.5 Å². The zero-order valence-corrected chi connectivity index (χ0v) is 16.4. The second kappa shape index (κ2) is 8.17. The van der Waals surface area contributed by atoms with Gasteiger partial charge >= 0.3 is 5.97 Å². The lowest BCUT2D eigenvalue weighted by atomic mass is 10.0. The number of esters is 1. The molecule has 11 nitrogen and oxygen atoms in total. The lowest BCUT2D eigenvalue weighted by molar-refractivity contribution is -0.126. The molecule has 0 saturated carbocycles. The molecule has 0 radical (unpaired) electrons. The summed E-state index contributed by atoms with van der Waals surface area (Å²) in [7, 11) is 4.10. The number of fused-ring (bicyclic) bond motifs is 1. The second-order valence-electron chi connectivity index (χ2n) is 6.35. The van der Waals surface area contributed by atoms with E-state index >= 15 is 0 Å². The van der Waals surface area contributed by atoms with Gasteiger partial charge < -0.3 is 19.5 Å². The minimum Gasteiger partial charge on any atom is -0.493 e. The fraction of sp³-hybridized carbons (Fsp3) is 0.389. The number of rotatable bonds is 6. The highest BCUT2D eigenvalue weighted by atomic mass is 16.5. The van der Waals surface area contributed by atoms with Crippen molar-refractivity contribution in [2.75, 3.05) is 32.0 Å². The number of benzene rings is 1. The van der Waals surface area contributed by atoms with E-state index in [0.29, 0.717) is 23.3 Å². The predicted molar refractivity (Wildman–Crippen MR) is 101 cm³/mol. The van der Waals surface area contributed by atoms with Gasteiger partial charge in [0.25, 0.3) is 0 Å². The largest absolute Gasteiger partial charge is 0.493 e. The van der Waals surface area contributed by atoms with E-state index in [2.05, 4.69) is 20.7 Å². The van der Waals surface area contributed by atoms with Gasteiger partial charge in [0.2, 0.25) is 17.8 Å². The van der Waals surface area contributed by atoms with Crippen molar-refractivity contribution in [3.05, 3.63) is 23.5 Å². The molecule has 1 aromatic carbocycles. The van der Waals surface area contributed by atoms with Gasteiger partial charge in [-0.05, 0) is 6.92 Å². The van der Waals surface area contributed by atoms with Gasteiger partial charge in [-0.3, -0.25) is 14.9 Å². The molecule has 0 saturated heterocycles. The van der Waals surface area contributed by atoms with Crippen LogP contribution in [0.3, 0.4) is 0 Å². The number of hydrogen-bond acceptors (Lipinski definition) is 8. The Morgan fingerprint density at radius 2 is 1.93 bits per heavy atom. The van der Waals surface area contributed by atoms with Crippen molar-refractivity contribution in [1.29, 1.82) is 0 Å². The highest BCUT2D eigenvalue weighted by Crippen LogP contribution is 2.34. The monoisotopic (exact) mass is 403 g/mol. The van der Waals surface area contributed by atoms with Crippen LogP contribution < -0.4 is 20.1 Å². The van der Waals surface area contributed by atoms with Gasteiger partial charge in [-0.25, -0.2) is 9.48 Å². The van der Waals surface area contributed by atoms with Crippen molar-refractivity contribution < 1.29 is 28.6 Å². The molecule has 2 aromatic rings. The van der Waals surface area contributed by atoms with Crippen LogP contribution in [0.5, 0.6) is 11.5 Å². The summed E-state index contributed by atoms with van der Waals surface area (Å²) >= 11 is 0. The number of amides is 2. The van der Waals surface area contributed by atoms with Crippen molar-refractivity contribution in [3.8, 4) is 11.5 Å². The Balaban J connectivity index is 1.79. The van der Waals surface area contributed by atoms with E-state index < -0.39 is 17.8 Å². The van der Waals surface area contributed by atoms with Crippen LogP contribution in [0.4, 0.5) is 11.6 Å². The number of carbonyl (C=O) groups is 3. The molecule has 0 aliphatic carbocycles. The van der Waals surface area contributed by atoms with Gasteiger partial charge in [-0.1, -0.05) is 0 Å². The number of aromatic nitrogens is 3. The molecular weight excluding hydrogens is 382 g/mol. The molecule has 2 amide bonds. The molecule has 1 aliphatic rings. The molecule has 0 bridgehead atoms. The maximum Gasteiger partial charge on any atom is 0.340 e. The van der Waals surface area contributed by atoms with E-state index in [1.165, 1.54) is 33.5 Å². The first-order valence-electron chi connectivity index (χ1n) is 8.72. The van der Waals surface area contributed by atoms with Crippen LogP contribution in [0.1, 0.15) is 22.6 Å². The Hall–Kier alpha value is -3.63. The third-order valence-corrected chi connectivity index (χ3v) is 4.41. The van der Waals surface area contributed by atoms with Crippen LogP contribution in [0.2, 0.25) is 0 Å². The summed E-state index contributed by atoms with van der Waals surface area (Å²) < 4.78 is 16.7. The highest BCUT2D eigenvalue weighted by molar-refractivity contribution is 6.03. The van der Waals surface area contributed by atoms with Crippen molar-refractivity contribution in [2.45, 2.75) is 19.9 Å². The number of carbonyl (C=O) groups excluding carboxylic acids is 3. The Labute approximate surface area is 166 Å². The minimum absolute atomic E-state index is 0.0979. The predicted octanol–water partition coefficient (Wildman–Crippen LogP) is 0.987. The average Bonchev–Trinajstić information content (AvgIpc) is 3.05. The van der Waals surface area contributed by atoms with Crippen molar-refractivity contribution in [2.24, 2.45) is 5.92 Å². The maximum atomic E-state index is 12.6. The Morgan fingerprint density at radius 3 is 2.59 bits per heavy atom. The Bertz CT molecular complexity index is 970. The molecule has 1 aromatic heterocycles. The van der Waals surface area contributed by atoms with Gasteiger partial charge in [-0.15, -0.1) is 0 Å². The maximum absolute atomic E-state index is 12.6. The van der Waals surface area contributed by atoms with Gasteiger partial charge in [-0.2, -0.15) is 10.1 Å². The SMILES string of the molecule is COC(=O)c1cc(OC)c(OC)cc1NC(=O)C[C@H]1Cn2nc(C)nc2NC1=O. The number of nitrogens with one attached hydrogen (secondary N) is 2. The fourth-order valence-corrected chi connectivity index (χ4v) is 3.02. The van der Waals surface area contributed by atoms with E-state index in [-0.39, 0.29) is 30.1 Å². The number of nitrogens with zero attached hydrogens (tertiary/aromatic N) is 3. The molecule has 2 N–H and O–H groups in total. The molecule has 11 heteroatoms. The fourth-order valence-electron chi connectivity index (χ4n) is 3.02. The highest BCUT2D eigenvalue weighted by Gasteiger charge is 2.30. The summed E-state index contributed by atoms with van der Waals surface area (Å²) in [4.78, 5) is 41.1. The van der Waals surface area contributed by atoms with Gasteiger partial charge in [0.05, 0.1) is 45.0 Å². The second-order valence-corrected chi connectivity index (χ2v) is 6.35. The number of hydrogen-bond donors (Lipinski definition) is 2. The number of anilines is 2. The smallest absolute Gasteiger partial charge is 0.340 e. The normalized spacial score (nSPS) is 15.2. The summed E-state index contributed by atoms with van der Waals surface area (Å²) in [5.74, 6) is -0.538. The van der Waals surface area contributed by atoms with Crippen LogP contribution in [0.25, 0.3) is 0 Å². The van der Waals surface area contributed by atoms with Crippen LogP contribution in [-0.2, 0) is 20.9 Å². The zero-order chi connectivity index (χ0) is 21.1.